The highest BCUT2D eigenvalue weighted by molar-refractivity contribution is 9.10. The molecule has 0 N–H and O–H groups in total. The molecule has 14 heavy (non-hydrogen) atoms. The van der Waals surface area contributed by atoms with Gasteiger partial charge in [-0.2, -0.15) is 0 Å². The van der Waals surface area contributed by atoms with E-state index in [0.717, 1.165) is 10.0 Å². The Hall–Kier alpha value is 0.200. The van der Waals surface area contributed by atoms with Gasteiger partial charge in [-0.05, 0) is 46.8 Å². The average Bonchev–Trinajstić information content (AvgIpc) is 2.16. The second-order valence-corrected chi connectivity index (χ2v) is 5.49. The van der Waals surface area contributed by atoms with Crippen molar-refractivity contribution < 1.29 is 4.79 Å². The zero-order chi connectivity index (χ0) is 10.7. The predicted molar refractivity (Wildman–Crippen MR) is 68.3 cm³/mol. The van der Waals surface area contributed by atoms with Crippen LogP contribution in [-0.4, -0.2) is 12.0 Å². The van der Waals surface area contributed by atoms with Crippen LogP contribution in [0.25, 0.3) is 0 Å². The highest BCUT2D eigenvalue weighted by Gasteiger charge is 2.13. The van der Waals surface area contributed by atoms with E-state index in [1.165, 1.54) is 4.90 Å². The van der Waals surface area contributed by atoms with Crippen LogP contribution >= 0.6 is 43.6 Å². The van der Waals surface area contributed by atoms with Gasteiger partial charge in [-0.1, -0.05) is 22.0 Å². The molecular formula is C10H10Br2OS. The topological polar surface area (TPSA) is 17.1 Å². The summed E-state index contributed by atoms with van der Waals surface area (Å²) < 4.78 is 1.04. The maximum absolute atomic E-state index is 11.1. The molecule has 76 valence electrons. The van der Waals surface area contributed by atoms with Crippen LogP contribution < -0.4 is 0 Å². The van der Waals surface area contributed by atoms with Gasteiger partial charge in [0.05, 0.1) is 4.83 Å². The summed E-state index contributed by atoms with van der Waals surface area (Å²) in [5, 5.41) is 0. The third-order valence-corrected chi connectivity index (χ3v) is 4.71. The molecule has 4 heteroatoms. The SMILES string of the molecule is CSc1ccc(C(Br)C(C)=O)cc1Br. The number of thioether (sulfide) groups is 1. The smallest absolute Gasteiger partial charge is 0.147 e. The Labute approximate surface area is 105 Å². The Morgan fingerprint density at radius 1 is 1.50 bits per heavy atom. The summed E-state index contributed by atoms with van der Waals surface area (Å²) in [5.41, 5.74) is 0.988. The Balaban J connectivity index is 3.02. The standard InChI is InChI=1S/C10H10Br2OS/c1-6(13)10(12)7-3-4-9(14-2)8(11)5-7/h3-5,10H,1-2H3. The molecule has 0 bridgehead atoms. The van der Waals surface area contributed by atoms with Gasteiger partial charge < -0.3 is 0 Å². The summed E-state index contributed by atoms with van der Waals surface area (Å²) >= 11 is 8.50. The van der Waals surface area contributed by atoms with E-state index in [1.807, 2.05) is 24.5 Å². The number of Topliss-reactive ketones (excluding diaryl/α,β-unsaturated/α-hetero) is 1. The summed E-state index contributed by atoms with van der Waals surface area (Å²) in [6.07, 6.45) is 2.02. The summed E-state index contributed by atoms with van der Waals surface area (Å²) in [6, 6.07) is 5.96. The molecule has 0 aliphatic rings. The first kappa shape index (κ1) is 12.3. The molecule has 1 nitrogen and oxygen atoms in total. The quantitative estimate of drug-likeness (QED) is 0.607. The van der Waals surface area contributed by atoms with Gasteiger partial charge in [0.15, 0.2) is 0 Å². The number of rotatable bonds is 3. The first-order valence-electron chi connectivity index (χ1n) is 4.04. The van der Waals surface area contributed by atoms with E-state index < -0.39 is 0 Å². The van der Waals surface area contributed by atoms with Crippen molar-refractivity contribution in [1.29, 1.82) is 0 Å². The molecule has 0 aliphatic carbocycles. The lowest BCUT2D eigenvalue weighted by atomic mass is 10.1. The van der Waals surface area contributed by atoms with Gasteiger partial charge in [-0.15, -0.1) is 11.8 Å². The second kappa shape index (κ2) is 5.33. The number of hydrogen-bond acceptors (Lipinski definition) is 2. The van der Waals surface area contributed by atoms with Crippen LogP contribution in [0.15, 0.2) is 27.6 Å². The fraction of sp³-hybridized carbons (Fsp3) is 0.300. The summed E-state index contributed by atoms with van der Waals surface area (Å²) in [4.78, 5) is 12.1. The summed E-state index contributed by atoms with van der Waals surface area (Å²) in [6.45, 7) is 1.58. The van der Waals surface area contributed by atoms with Crippen LogP contribution in [0.4, 0.5) is 0 Å². The van der Waals surface area contributed by atoms with E-state index in [1.54, 1.807) is 18.7 Å². The third kappa shape index (κ3) is 2.84. The highest BCUT2D eigenvalue weighted by atomic mass is 79.9. The van der Waals surface area contributed by atoms with Gasteiger partial charge in [-0.3, -0.25) is 4.79 Å². The molecule has 0 aliphatic heterocycles. The fourth-order valence-electron chi connectivity index (χ4n) is 1.07. The zero-order valence-electron chi connectivity index (χ0n) is 7.88. The van der Waals surface area contributed by atoms with Gasteiger partial charge >= 0.3 is 0 Å². The number of hydrogen-bond donors (Lipinski definition) is 0. The predicted octanol–water partition coefficient (Wildman–Crippen LogP) is 4.20. The van der Waals surface area contributed by atoms with Crippen molar-refractivity contribution >= 4 is 49.4 Å². The van der Waals surface area contributed by atoms with E-state index in [2.05, 4.69) is 31.9 Å². The lowest BCUT2D eigenvalue weighted by Crippen LogP contribution is -2.00. The van der Waals surface area contributed by atoms with Crippen molar-refractivity contribution in [2.24, 2.45) is 0 Å². The van der Waals surface area contributed by atoms with Gasteiger partial charge in [0.2, 0.25) is 0 Å². The van der Waals surface area contributed by atoms with E-state index >= 15 is 0 Å². The monoisotopic (exact) mass is 336 g/mol. The van der Waals surface area contributed by atoms with Crippen molar-refractivity contribution in [2.75, 3.05) is 6.26 Å². The molecule has 0 heterocycles. The first-order valence-corrected chi connectivity index (χ1v) is 6.97. The number of carbonyl (C=O) groups excluding carboxylic acids is 1. The molecular weight excluding hydrogens is 328 g/mol. The molecule has 1 unspecified atom stereocenters. The Kier molecular flexibility index (Phi) is 4.67. The Morgan fingerprint density at radius 3 is 2.57 bits per heavy atom. The molecule has 0 radical (unpaired) electrons. The maximum atomic E-state index is 11.1. The molecule has 0 fully saturated rings. The molecule has 0 aromatic heterocycles. The minimum absolute atomic E-state index is 0.119. The van der Waals surface area contributed by atoms with Gasteiger partial charge in [-0.25, -0.2) is 0 Å². The number of ketones is 1. The second-order valence-electron chi connectivity index (χ2n) is 2.87. The molecule has 1 aromatic carbocycles. The molecule has 1 rings (SSSR count). The third-order valence-electron chi connectivity index (χ3n) is 1.83. The summed E-state index contributed by atoms with van der Waals surface area (Å²) in [5.74, 6) is 0.119. The average molecular weight is 338 g/mol. The molecule has 0 amide bonds. The van der Waals surface area contributed by atoms with E-state index in [9.17, 15) is 4.79 Å². The van der Waals surface area contributed by atoms with Crippen LogP contribution in [0.5, 0.6) is 0 Å². The van der Waals surface area contributed by atoms with E-state index in [4.69, 9.17) is 0 Å². The molecule has 0 spiro atoms. The Morgan fingerprint density at radius 2 is 2.14 bits per heavy atom. The molecule has 0 saturated heterocycles. The number of halogens is 2. The number of carbonyl (C=O) groups is 1. The Bertz CT molecular complexity index is 352. The van der Waals surface area contributed by atoms with Crippen molar-refractivity contribution in [3.8, 4) is 0 Å². The van der Waals surface area contributed by atoms with Crippen LogP contribution in [-0.2, 0) is 4.79 Å². The molecule has 1 atom stereocenters. The van der Waals surface area contributed by atoms with Gasteiger partial charge in [0.25, 0.3) is 0 Å². The van der Waals surface area contributed by atoms with Crippen molar-refractivity contribution in [3.63, 3.8) is 0 Å². The summed E-state index contributed by atoms with van der Waals surface area (Å²) in [7, 11) is 0. The largest absolute Gasteiger partial charge is 0.298 e. The number of alkyl halides is 1. The van der Waals surface area contributed by atoms with E-state index in [-0.39, 0.29) is 10.6 Å². The number of benzene rings is 1. The van der Waals surface area contributed by atoms with Crippen molar-refractivity contribution in [1.82, 2.24) is 0 Å². The van der Waals surface area contributed by atoms with Gasteiger partial charge in [0, 0.05) is 9.37 Å². The zero-order valence-corrected chi connectivity index (χ0v) is 11.9. The van der Waals surface area contributed by atoms with Crippen LogP contribution in [0, 0.1) is 0 Å². The highest BCUT2D eigenvalue weighted by Crippen LogP contribution is 2.31. The minimum Gasteiger partial charge on any atom is -0.298 e. The van der Waals surface area contributed by atoms with Crippen molar-refractivity contribution in [2.45, 2.75) is 16.6 Å². The fourth-order valence-corrected chi connectivity index (χ4v) is 2.70. The van der Waals surface area contributed by atoms with Crippen LogP contribution in [0.2, 0.25) is 0 Å². The minimum atomic E-state index is -0.199. The lowest BCUT2D eigenvalue weighted by molar-refractivity contribution is -0.116. The lowest BCUT2D eigenvalue weighted by Gasteiger charge is -2.08. The first-order chi connectivity index (χ1) is 6.56. The van der Waals surface area contributed by atoms with Gasteiger partial charge in [0.1, 0.15) is 5.78 Å². The van der Waals surface area contributed by atoms with Crippen LogP contribution in [0.1, 0.15) is 17.3 Å². The molecule has 1 aromatic rings. The molecule has 0 saturated carbocycles. The van der Waals surface area contributed by atoms with E-state index in [0.29, 0.717) is 0 Å². The van der Waals surface area contributed by atoms with Crippen LogP contribution in [0.3, 0.4) is 0 Å². The van der Waals surface area contributed by atoms with Crippen molar-refractivity contribution in [3.05, 3.63) is 28.2 Å². The normalized spacial score (nSPS) is 12.6. The maximum Gasteiger partial charge on any atom is 0.147 e.